The summed E-state index contributed by atoms with van der Waals surface area (Å²) < 4.78 is 0. The minimum atomic E-state index is 0. The van der Waals surface area contributed by atoms with Crippen molar-refractivity contribution >= 4 is 0 Å². The van der Waals surface area contributed by atoms with Gasteiger partial charge in [0.25, 0.3) is 0 Å². The third kappa shape index (κ3) is 4.96. The standard InChI is InChI=1S/C11H19.Li/c1-11(2,3)9-8-10-6-4-5-7-10;/h8-9H,4-7H2,1-3H3;/q-1;+1/b9-8+;. The Balaban J connectivity index is 0.00000121. The molecule has 1 heteroatoms. The quantitative estimate of drug-likeness (QED) is 0.390. The number of hydrogen-bond donors (Lipinski definition) is 0. The van der Waals surface area contributed by atoms with Crippen molar-refractivity contribution in [1.82, 2.24) is 0 Å². The normalized spacial score (nSPS) is 18.4. The molecule has 0 atom stereocenters. The van der Waals surface area contributed by atoms with Gasteiger partial charge >= 0.3 is 18.9 Å². The van der Waals surface area contributed by atoms with Crippen molar-refractivity contribution in [3.05, 3.63) is 18.1 Å². The first-order valence-corrected chi connectivity index (χ1v) is 4.62. The molecule has 0 aromatic heterocycles. The van der Waals surface area contributed by atoms with Gasteiger partial charge in [0.2, 0.25) is 0 Å². The van der Waals surface area contributed by atoms with Gasteiger partial charge in [-0.2, -0.15) is 0 Å². The van der Waals surface area contributed by atoms with Crippen LogP contribution in [-0.2, 0) is 0 Å². The van der Waals surface area contributed by atoms with Crippen LogP contribution in [0, 0.1) is 11.3 Å². The van der Waals surface area contributed by atoms with E-state index >= 15 is 0 Å². The summed E-state index contributed by atoms with van der Waals surface area (Å²) >= 11 is 0. The largest absolute Gasteiger partial charge is 1.00 e. The fourth-order valence-electron chi connectivity index (χ4n) is 1.36. The molecule has 0 nitrogen and oxygen atoms in total. The van der Waals surface area contributed by atoms with E-state index in [1.807, 2.05) is 0 Å². The summed E-state index contributed by atoms with van der Waals surface area (Å²) in [6.45, 7) is 6.75. The van der Waals surface area contributed by atoms with Gasteiger partial charge in [0, 0.05) is 0 Å². The Bertz CT molecular complexity index is 136. The van der Waals surface area contributed by atoms with Crippen molar-refractivity contribution in [2.45, 2.75) is 46.5 Å². The van der Waals surface area contributed by atoms with Crippen LogP contribution in [0.2, 0.25) is 0 Å². The average Bonchev–Trinajstić information content (AvgIpc) is 2.32. The summed E-state index contributed by atoms with van der Waals surface area (Å²) in [5, 5.41) is 0. The average molecular weight is 158 g/mol. The molecular formula is C11H19Li. The molecule has 1 rings (SSSR count). The second kappa shape index (κ2) is 5.05. The Morgan fingerprint density at radius 2 is 1.58 bits per heavy atom. The number of allylic oxidation sites excluding steroid dienone is 2. The Labute approximate surface area is 89.0 Å². The maximum Gasteiger partial charge on any atom is 1.00 e. The molecule has 0 unspecified atom stereocenters. The van der Waals surface area contributed by atoms with Crippen molar-refractivity contribution < 1.29 is 18.9 Å². The van der Waals surface area contributed by atoms with E-state index in [4.69, 9.17) is 0 Å². The van der Waals surface area contributed by atoms with Crippen LogP contribution in [0.15, 0.2) is 12.2 Å². The molecule has 1 saturated carbocycles. The summed E-state index contributed by atoms with van der Waals surface area (Å²) in [7, 11) is 0. The first-order valence-electron chi connectivity index (χ1n) is 4.62. The van der Waals surface area contributed by atoms with Crippen LogP contribution in [-0.4, -0.2) is 0 Å². The Morgan fingerprint density at radius 1 is 1.08 bits per heavy atom. The van der Waals surface area contributed by atoms with Crippen molar-refractivity contribution in [2.75, 3.05) is 0 Å². The summed E-state index contributed by atoms with van der Waals surface area (Å²) in [5.74, 6) is 1.65. The predicted octanol–water partition coefficient (Wildman–Crippen LogP) is 0.741. The number of rotatable bonds is 1. The van der Waals surface area contributed by atoms with E-state index in [2.05, 4.69) is 32.9 Å². The van der Waals surface area contributed by atoms with Gasteiger partial charge in [-0.1, -0.05) is 51.9 Å². The van der Waals surface area contributed by atoms with Gasteiger partial charge in [0.15, 0.2) is 0 Å². The molecule has 0 aliphatic heterocycles. The third-order valence-corrected chi connectivity index (χ3v) is 2.06. The maximum atomic E-state index is 2.34. The Kier molecular flexibility index (Phi) is 5.14. The van der Waals surface area contributed by atoms with Crippen LogP contribution in [0.25, 0.3) is 0 Å². The number of hydrogen-bond acceptors (Lipinski definition) is 0. The predicted molar refractivity (Wildman–Crippen MR) is 50.3 cm³/mol. The van der Waals surface area contributed by atoms with Gasteiger partial charge in [-0.25, -0.2) is 18.1 Å². The molecule has 0 bridgehead atoms. The SMILES string of the molecule is CC(C)(C)/C=C/[C-]1CCCC1.[Li+]. The van der Waals surface area contributed by atoms with Gasteiger partial charge < -0.3 is 0 Å². The summed E-state index contributed by atoms with van der Waals surface area (Å²) in [6, 6.07) is 0. The van der Waals surface area contributed by atoms with E-state index in [1.165, 1.54) is 25.7 Å². The van der Waals surface area contributed by atoms with Gasteiger partial charge in [-0.3, -0.25) is 0 Å². The van der Waals surface area contributed by atoms with Crippen molar-refractivity contribution in [1.29, 1.82) is 0 Å². The molecule has 0 aromatic carbocycles. The van der Waals surface area contributed by atoms with Crippen molar-refractivity contribution in [3.63, 3.8) is 0 Å². The van der Waals surface area contributed by atoms with E-state index in [0.717, 1.165) is 0 Å². The fourth-order valence-corrected chi connectivity index (χ4v) is 1.36. The summed E-state index contributed by atoms with van der Waals surface area (Å²) in [5.41, 5.74) is 0.357. The van der Waals surface area contributed by atoms with Gasteiger partial charge in [-0.15, -0.1) is 0 Å². The topological polar surface area (TPSA) is 0 Å². The van der Waals surface area contributed by atoms with Crippen LogP contribution in [0.1, 0.15) is 46.5 Å². The van der Waals surface area contributed by atoms with E-state index in [-0.39, 0.29) is 18.9 Å². The molecule has 0 amide bonds. The first-order chi connectivity index (χ1) is 5.08. The third-order valence-electron chi connectivity index (χ3n) is 2.06. The summed E-state index contributed by atoms with van der Waals surface area (Å²) in [6.07, 6.45) is 10.2. The molecule has 12 heavy (non-hydrogen) atoms. The molecule has 0 saturated heterocycles. The Hall–Kier alpha value is 0.207. The van der Waals surface area contributed by atoms with E-state index in [9.17, 15) is 0 Å². The zero-order valence-electron chi connectivity index (χ0n) is 8.98. The second-order valence-electron chi connectivity index (χ2n) is 4.56. The van der Waals surface area contributed by atoms with Crippen molar-refractivity contribution in [2.24, 2.45) is 5.41 Å². The molecule has 0 spiro atoms. The monoisotopic (exact) mass is 158 g/mol. The van der Waals surface area contributed by atoms with Gasteiger partial charge in [-0.05, 0) is 0 Å². The van der Waals surface area contributed by atoms with Gasteiger partial charge in [0.05, 0.1) is 0 Å². The van der Waals surface area contributed by atoms with Gasteiger partial charge in [0.1, 0.15) is 0 Å². The first kappa shape index (κ1) is 12.2. The second-order valence-corrected chi connectivity index (χ2v) is 4.56. The minimum absolute atomic E-state index is 0. The molecule has 64 valence electrons. The Morgan fingerprint density at radius 3 is 2.00 bits per heavy atom. The van der Waals surface area contributed by atoms with Crippen LogP contribution in [0.4, 0.5) is 0 Å². The van der Waals surface area contributed by atoms with E-state index < -0.39 is 0 Å². The van der Waals surface area contributed by atoms with Crippen LogP contribution in [0.3, 0.4) is 0 Å². The van der Waals surface area contributed by atoms with Crippen LogP contribution in [0.5, 0.6) is 0 Å². The molecule has 1 fully saturated rings. The molecule has 1 aliphatic carbocycles. The maximum absolute atomic E-state index is 2.34. The molecular weight excluding hydrogens is 139 g/mol. The minimum Gasteiger partial charge on any atom is -0.228 e. The van der Waals surface area contributed by atoms with Crippen LogP contribution < -0.4 is 18.9 Å². The molecule has 0 aromatic rings. The van der Waals surface area contributed by atoms with Crippen molar-refractivity contribution in [3.8, 4) is 0 Å². The fraction of sp³-hybridized carbons (Fsp3) is 0.727. The van der Waals surface area contributed by atoms with Crippen LogP contribution >= 0.6 is 0 Å². The zero-order valence-corrected chi connectivity index (χ0v) is 8.98. The van der Waals surface area contributed by atoms with E-state index in [0.29, 0.717) is 5.41 Å². The van der Waals surface area contributed by atoms with E-state index in [1.54, 1.807) is 5.92 Å². The molecule has 0 N–H and O–H groups in total. The molecule has 0 heterocycles. The molecule has 1 aliphatic rings. The molecule has 0 radical (unpaired) electrons. The zero-order chi connectivity index (χ0) is 8.32. The summed E-state index contributed by atoms with van der Waals surface area (Å²) in [4.78, 5) is 0. The smallest absolute Gasteiger partial charge is 0.228 e.